The Hall–Kier alpha value is -2.89. The van der Waals surface area contributed by atoms with Crippen LogP contribution in [0, 0.1) is 12.7 Å². The van der Waals surface area contributed by atoms with E-state index in [2.05, 4.69) is 5.32 Å². The van der Waals surface area contributed by atoms with Crippen LogP contribution in [-0.2, 0) is 16.1 Å². The molecule has 162 valence electrons. The standard InChI is InChI=1S/C24H31FN2O3/c1-5-18(4)26-24(29)21(6-2)27(15-19-11-13-20(25)14-12-19)23(28)16-30-22-10-8-7-9-17(22)3/h7-14,18,21H,5-6,15-16H2,1-4H3,(H,26,29)/t18-,21-/m1/s1. The summed E-state index contributed by atoms with van der Waals surface area (Å²) in [4.78, 5) is 27.5. The van der Waals surface area contributed by atoms with Gasteiger partial charge in [0, 0.05) is 12.6 Å². The van der Waals surface area contributed by atoms with Crippen molar-refractivity contribution in [3.05, 3.63) is 65.5 Å². The molecule has 0 aliphatic carbocycles. The lowest BCUT2D eigenvalue weighted by Gasteiger charge is -2.31. The van der Waals surface area contributed by atoms with Crippen molar-refractivity contribution in [2.75, 3.05) is 6.61 Å². The Labute approximate surface area is 178 Å². The molecule has 0 spiro atoms. The molecular formula is C24H31FN2O3. The molecular weight excluding hydrogens is 383 g/mol. The van der Waals surface area contributed by atoms with Gasteiger partial charge in [-0.25, -0.2) is 4.39 Å². The van der Waals surface area contributed by atoms with E-state index in [-0.39, 0.29) is 36.8 Å². The maximum atomic E-state index is 13.3. The highest BCUT2D eigenvalue weighted by Gasteiger charge is 2.29. The second kappa shape index (κ2) is 11.3. The number of carbonyl (C=O) groups excluding carboxylic acids is 2. The van der Waals surface area contributed by atoms with Gasteiger partial charge in [0.15, 0.2) is 6.61 Å². The van der Waals surface area contributed by atoms with E-state index in [9.17, 15) is 14.0 Å². The Kier molecular flexibility index (Phi) is 8.84. The third kappa shape index (κ3) is 6.58. The SMILES string of the molecule is CC[C@@H](C)NC(=O)[C@@H](CC)N(Cc1ccc(F)cc1)C(=O)COc1ccccc1C. The highest BCUT2D eigenvalue weighted by Crippen LogP contribution is 2.18. The number of rotatable bonds is 10. The molecule has 1 N–H and O–H groups in total. The van der Waals surface area contributed by atoms with E-state index in [1.54, 1.807) is 18.2 Å². The monoisotopic (exact) mass is 414 g/mol. The van der Waals surface area contributed by atoms with Crippen LogP contribution in [0.2, 0.25) is 0 Å². The first-order valence-corrected chi connectivity index (χ1v) is 10.4. The molecule has 0 aromatic heterocycles. The van der Waals surface area contributed by atoms with Crippen LogP contribution in [0.5, 0.6) is 5.75 Å². The lowest BCUT2D eigenvalue weighted by molar-refractivity contribution is -0.143. The fourth-order valence-corrected chi connectivity index (χ4v) is 3.09. The third-order valence-corrected chi connectivity index (χ3v) is 5.10. The van der Waals surface area contributed by atoms with E-state index in [1.807, 2.05) is 45.9 Å². The molecule has 2 aromatic carbocycles. The molecule has 0 aliphatic rings. The van der Waals surface area contributed by atoms with Crippen molar-refractivity contribution in [2.45, 2.75) is 59.2 Å². The van der Waals surface area contributed by atoms with Crippen molar-refractivity contribution in [3.8, 4) is 5.75 Å². The van der Waals surface area contributed by atoms with Gasteiger partial charge >= 0.3 is 0 Å². The number of hydrogen-bond donors (Lipinski definition) is 1. The van der Waals surface area contributed by atoms with E-state index < -0.39 is 6.04 Å². The molecule has 2 aromatic rings. The molecule has 0 saturated heterocycles. The third-order valence-electron chi connectivity index (χ3n) is 5.10. The minimum Gasteiger partial charge on any atom is -0.484 e. The van der Waals surface area contributed by atoms with Crippen molar-refractivity contribution in [2.24, 2.45) is 0 Å². The minimum absolute atomic E-state index is 0.0116. The molecule has 0 aliphatic heterocycles. The molecule has 2 amide bonds. The van der Waals surface area contributed by atoms with E-state index in [0.717, 1.165) is 17.5 Å². The van der Waals surface area contributed by atoms with Crippen molar-refractivity contribution in [3.63, 3.8) is 0 Å². The molecule has 0 bridgehead atoms. The summed E-state index contributed by atoms with van der Waals surface area (Å²) in [6, 6.07) is 12.8. The number of carbonyl (C=O) groups is 2. The van der Waals surface area contributed by atoms with Gasteiger partial charge in [-0.2, -0.15) is 0 Å². The number of ether oxygens (including phenoxy) is 1. The van der Waals surface area contributed by atoms with Crippen LogP contribution in [-0.4, -0.2) is 35.4 Å². The Morgan fingerprint density at radius 1 is 1.07 bits per heavy atom. The molecule has 0 unspecified atom stereocenters. The second-order valence-corrected chi connectivity index (χ2v) is 7.44. The average molecular weight is 415 g/mol. The number of hydrogen-bond acceptors (Lipinski definition) is 3. The van der Waals surface area contributed by atoms with Crippen LogP contribution in [0.4, 0.5) is 4.39 Å². The molecule has 0 fully saturated rings. The Bertz CT molecular complexity index is 839. The topological polar surface area (TPSA) is 58.6 Å². The van der Waals surface area contributed by atoms with Crippen LogP contribution in [0.15, 0.2) is 48.5 Å². The van der Waals surface area contributed by atoms with Gasteiger partial charge in [-0.15, -0.1) is 0 Å². The zero-order valence-corrected chi connectivity index (χ0v) is 18.2. The van der Waals surface area contributed by atoms with Gasteiger partial charge in [-0.05, 0) is 56.0 Å². The summed E-state index contributed by atoms with van der Waals surface area (Å²) in [5.74, 6) is -0.210. The van der Waals surface area contributed by atoms with Gasteiger partial charge in [0.1, 0.15) is 17.6 Å². The molecule has 2 atom stereocenters. The predicted molar refractivity (Wildman–Crippen MR) is 116 cm³/mol. The van der Waals surface area contributed by atoms with Gasteiger partial charge < -0.3 is 15.0 Å². The Morgan fingerprint density at radius 2 is 1.73 bits per heavy atom. The summed E-state index contributed by atoms with van der Waals surface area (Å²) in [6.07, 6.45) is 1.25. The number of nitrogens with zero attached hydrogens (tertiary/aromatic N) is 1. The minimum atomic E-state index is -0.642. The fourth-order valence-electron chi connectivity index (χ4n) is 3.09. The van der Waals surface area contributed by atoms with Crippen LogP contribution < -0.4 is 10.1 Å². The first-order valence-electron chi connectivity index (χ1n) is 10.4. The molecule has 0 saturated carbocycles. The molecule has 6 heteroatoms. The van der Waals surface area contributed by atoms with Crippen LogP contribution in [0.3, 0.4) is 0 Å². The smallest absolute Gasteiger partial charge is 0.261 e. The number of nitrogens with one attached hydrogen (secondary N) is 1. The molecule has 30 heavy (non-hydrogen) atoms. The molecule has 5 nitrogen and oxygen atoms in total. The number of halogens is 1. The van der Waals surface area contributed by atoms with Crippen molar-refractivity contribution >= 4 is 11.8 Å². The lowest BCUT2D eigenvalue weighted by Crippen LogP contribution is -2.51. The number of benzene rings is 2. The summed E-state index contributed by atoms with van der Waals surface area (Å²) in [7, 11) is 0. The maximum absolute atomic E-state index is 13.3. The summed E-state index contributed by atoms with van der Waals surface area (Å²) >= 11 is 0. The predicted octanol–water partition coefficient (Wildman–Crippen LogP) is 4.24. The molecule has 0 radical (unpaired) electrons. The molecule has 2 rings (SSSR count). The second-order valence-electron chi connectivity index (χ2n) is 7.44. The van der Waals surface area contributed by atoms with Crippen LogP contribution in [0.25, 0.3) is 0 Å². The Balaban J connectivity index is 2.21. The highest BCUT2D eigenvalue weighted by molar-refractivity contribution is 5.88. The van der Waals surface area contributed by atoms with Gasteiger partial charge in [0.25, 0.3) is 5.91 Å². The summed E-state index contributed by atoms with van der Waals surface area (Å²) in [6.45, 7) is 7.71. The molecule has 0 heterocycles. The first kappa shape index (κ1) is 23.4. The largest absolute Gasteiger partial charge is 0.484 e. The van der Waals surface area contributed by atoms with E-state index in [0.29, 0.717) is 12.2 Å². The van der Waals surface area contributed by atoms with Crippen molar-refractivity contribution in [1.82, 2.24) is 10.2 Å². The highest BCUT2D eigenvalue weighted by atomic mass is 19.1. The van der Waals surface area contributed by atoms with E-state index in [1.165, 1.54) is 17.0 Å². The van der Waals surface area contributed by atoms with Gasteiger partial charge in [0.2, 0.25) is 5.91 Å². The lowest BCUT2D eigenvalue weighted by atomic mass is 10.1. The van der Waals surface area contributed by atoms with E-state index in [4.69, 9.17) is 4.74 Å². The fraction of sp³-hybridized carbons (Fsp3) is 0.417. The quantitative estimate of drug-likeness (QED) is 0.633. The normalized spacial score (nSPS) is 12.7. The van der Waals surface area contributed by atoms with E-state index >= 15 is 0 Å². The number of amides is 2. The summed E-state index contributed by atoms with van der Waals surface area (Å²) in [5.41, 5.74) is 1.67. The van der Waals surface area contributed by atoms with Crippen LogP contribution in [0.1, 0.15) is 44.7 Å². The van der Waals surface area contributed by atoms with Crippen molar-refractivity contribution in [1.29, 1.82) is 0 Å². The number of para-hydroxylation sites is 1. The van der Waals surface area contributed by atoms with Gasteiger partial charge in [0.05, 0.1) is 0 Å². The number of aryl methyl sites for hydroxylation is 1. The van der Waals surface area contributed by atoms with Crippen molar-refractivity contribution < 1.29 is 18.7 Å². The van der Waals surface area contributed by atoms with Crippen LogP contribution >= 0.6 is 0 Å². The van der Waals surface area contributed by atoms with Gasteiger partial charge in [-0.1, -0.05) is 44.2 Å². The summed E-state index contributed by atoms with van der Waals surface area (Å²) in [5, 5.41) is 2.96. The zero-order chi connectivity index (χ0) is 22.1. The summed E-state index contributed by atoms with van der Waals surface area (Å²) < 4.78 is 19.0. The average Bonchev–Trinajstić information content (AvgIpc) is 2.74. The Morgan fingerprint density at radius 3 is 2.33 bits per heavy atom. The zero-order valence-electron chi connectivity index (χ0n) is 18.2. The maximum Gasteiger partial charge on any atom is 0.261 e. The first-order chi connectivity index (χ1) is 14.3. The van der Waals surface area contributed by atoms with Gasteiger partial charge in [-0.3, -0.25) is 9.59 Å².